The van der Waals surface area contributed by atoms with Crippen molar-refractivity contribution < 1.29 is 18.3 Å². The number of hydrogen-bond donors (Lipinski definition) is 2. The maximum absolute atomic E-state index is 13.4. The lowest BCUT2D eigenvalue weighted by Gasteiger charge is -2.24. The lowest BCUT2D eigenvalue weighted by Crippen LogP contribution is -2.32. The molecule has 1 aromatic rings. The zero-order chi connectivity index (χ0) is 13.2. The van der Waals surface area contributed by atoms with Crippen LogP contribution in [0.1, 0.15) is 31.9 Å². The molecule has 0 aliphatic carbocycles. The molecule has 0 bridgehead atoms. The third kappa shape index (κ3) is 2.79. The molecular weight excluding hydrogens is 231 g/mol. The van der Waals surface area contributed by atoms with E-state index in [2.05, 4.69) is 0 Å². The summed E-state index contributed by atoms with van der Waals surface area (Å²) in [6.45, 7) is 3.60. The first-order valence-electron chi connectivity index (χ1n) is 5.47. The molecule has 0 aliphatic heterocycles. The van der Waals surface area contributed by atoms with Crippen molar-refractivity contribution in [1.82, 2.24) is 0 Å². The summed E-state index contributed by atoms with van der Waals surface area (Å²) >= 11 is 0. The quantitative estimate of drug-likeness (QED) is 0.803. The van der Waals surface area contributed by atoms with Crippen LogP contribution in [0.2, 0.25) is 0 Å². The molecule has 1 aromatic carbocycles. The molecule has 17 heavy (non-hydrogen) atoms. The smallest absolute Gasteiger partial charge is 0.194 e. The molecule has 0 saturated heterocycles. The molecule has 0 spiro atoms. The standard InChI is InChI=1S/C12H16F3NO/c1-3-6(2)12(17)11(16)7-4-5-8(13)10(15)9(7)14/h4-6,11-12,17H,3,16H2,1-2H3/t6?,11-,12+/m1/s1. The molecule has 0 saturated carbocycles. The van der Waals surface area contributed by atoms with Gasteiger partial charge in [0.05, 0.1) is 12.1 Å². The maximum atomic E-state index is 13.4. The highest BCUT2D eigenvalue weighted by Gasteiger charge is 2.26. The van der Waals surface area contributed by atoms with E-state index in [9.17, 15) is 18.3 Å². The Labute approximate surface area is 98.3 Å². The summed E-state index contributed by atoms with van der Waals surface area (Å²) in [6, 6.07) is 0.793. The summed E-state index contributed by atoms with van der Waals surface area (Å²) in [5, 5.41) is 9.82. The predicted molar refractivity (Wildman–Crippen MR) is 58.7 cm³/mol. The molecule has 3 N–H and O–H groups in total. The Balaban J connectivity index is 3.04. The highest BCUT2D eigenvalue weighted by atomic mass is 19.2. The largest absolute Gasteiger partial charge is 0.391 e. The van der Waals surface area contributed by atoms with Crippen LogP contribution in [0.4, 0.5) is 13.2 Å². The van der Waals surface area contributed by atoms with Gasteiger partial charge in [-0.2, -0.15) is 0 Å². The van der Waals surface area contributed by atoms with Crippen LogP contribution in [0, 0.1) is 23.4 Å². The van der Waals surface area contributed by atoms with E-state index in [1.807, 2.05) is 6.92 Å². The van der Waals surface area contributed by atoms with Gasteiger partial charge in [-0.05, 0) is 12.0 Å². The fourth-order valence-electron chi connectivity index (χ4n) is 1.58. The summed E-state index contributed by atoms with van der Waals surface area (Å²) in [5.41, 5.74) is 5.44. The minimum atomic E-state index is -1.56. The van der Waals surface area contributed by atoms with E-state index in [4.69, 9.17) is 5.73 Å². The molecule has 0 fully saturated rings. The summed E-state index contributed by atoms with van der Waals surface area (Å²) in [7, 11) is 0. The van der Waals surface area contributed by atoms with Gasteiger partial charge in [0.2, 0.25) is 0 Å². The zero-order valence-electron chi connectivity index (χ0n) is 9.75. The molecule has 0 radical (unpaired) electrons. The fraction of sp³-hybridized carbons (Fsp3) is 0.500. The minimum Gasteiger partial charge on any atom is -0.391 e. The van der Waals surface area contributed by atoms with E-state index < -0.39 is 29.6 Å². The molecule has 96 valence electrons. The van der Waals surface area contributed by atoms with Crippen molar-refractivity contribution in [2.45, 2.75) is 32.4 Å². The van der Waals surface area contributed by atoms with Gasteiger partial charge in [-0.3, -0.25) is 0 Å². The molecule has 1 unspecified atom stereocenters. The Kier molecular flexibility index (Phi) is 4.54. The van der Waals surface area contributed by atoms with Crippen LogP contribution in [0.3, 0.4) is 0 Å². The van der Waals surface area contributed by atoms with Crippen LogP contribution in [-0.2, 0) is 0 Å². The highest BCUT2D eigenvalue weighted by molar-refractivity contribution is 5.24. The average Bonchev–Trinajstić information content (AvgIpc) is 2.33. The number of benzene rings is 1. The van der Waals surface area contributed by atoms with Crippen LogP contribution in [0.25, 0.3) is 0 Å². The summed E-state index contributed by atoms with van der Waals surface area (Å²) in [5.74, 6) is -4.32. The van der Waals surface area contributed by atoms with Gasteiger partial charge in [-0.1, -0.05) is 26.3 Å². The Bertz CT molecular complexity index is 398. The second-order valence-electron chi connectivity index (χ2n) is 4.17. The predicted octanol–water partition coefficient (Wildman–Crippen LogP) is 2.51. The molecule has 2 nitrogen and oxygen atoms in total. The van der Waals surface area contributed by atoms with Gasteiger partial charge in [0.25, 0.3) is 0 Å². The number of hydrogen-bond acceptors (Lipinski definition) is 2. The van der Waals surface area contributed by atoms with Crippen molar-refractivity contribution in [1.29, 1.82) is 0 Å². The molecule has 3 atom stereocenters. The molecule has 1 rings (SSSR count). The lowest BCUT2D eigenvalue weighted by atomic mass is 9.91. The Morgan fingerprint density at radius 1 is 1.24 bits per heavy atom. The summed E-state index contributed by atoms with van der Waals surface area (Å²) < 4.78 is 39.2. The first-order chi connectivity index (χ1) is 7.90. The van der Waals surface area contributed by atoms with Gasteiger partial charge >= 0.3 is 0 Å². The molecule has 0 amide bonds. The normalized spacial score (nSPS) is 16.6. The second-order valence-corrected chi connectivity index (χ2v) is 4.17. The minimum absolute atomic E-state index is 0.155. The summed E-state index contributed by atoms with van der Waals surface area (Å²) in [6.07, 6.45) is -0.348. The van der Waals surface area contributed by atoms with Crippen LogP contribution < -0.4 is 5.73 Å². The van der Waals surface area contributed by atoms with Gasteiger partial charge in [0.1, 0.15) is 0 Å². The van der Waals surface area contributed by atoms with Crippen molar-refractivity contribution >= 4 is 0 Å². The van der Waals surface area contributed by atoms with Gasteiger partial charge in [0.15, 0.2) is 17.5 Å². The molecule has 0 heterocycles. The van der Waals surface area contributed by atoms with Crippen LogP contribution >= 0.6 is 0 Å². The van der Waals surface area contributed by atoms with Crippen molar-refractivity contribution in [3.8, 4) is 0 Å². The van der Waals surface area contributed by atoms with Crippen molar-refractivity contribution in [3.63, 3.8) is 0 Å². The topological polar surface area (TPSA) is 46.2 Å². The van der Waals surface area contributed by atoms with Crippen LogP contribution in [0.5, 0.6) is 0 Å². The van der Waals surface area contributed by atoms with E-state index in [-0.39, 0.29) is 11.5 Å². The monoisotopic (exact) mass is 247 g/mol. The fourth-order valence-corrected chi connectivity index (χ4v) is 1.58. The highest BCUT2D eigenvalue weighted by Crippen LogP contribution is 2.25. The van der Waals surface area contributed by atoms with E-state index in [1.165, 1.54) is 0 Å². The Morgan fingerprint density at radius 3 is 2.35 bits per heavy atom. The Hall–Kier alpha value is -1.07. The van der Waals surface area contributed by atoms with Crippen molar-refractivity contribution in [2.75, 3.05) is 0 Å². The second kappa shape index (κ2) is 5.51. The number of nitrogens with two attached hydrogens (primary N) is 1. The van der Waals surface area contributed by atoms with Crippen molar-refractivity contribution in [3.05, 3.63) is 35.1 Å². The van der Waals surface area contributed by atoms with Gasteiger partial charge < -0.3 is 10.8 Å². The SMILES string of the molecule is CCC(C)[C@H](O)[C@H](N)c1ccc(F)c(F)c1F. The first-order valence-corrected chi connectivity index (χ1v) is 5.47. The molecule has 5 heteroatoms. The van der Waals surface area contributed by atoms with Crippen LogP contribution in [-0.4, -0.2) is 11.2 Å². The van der Waals surface area contributed by atoms with E-state index in [0.717, 1.165) is 12.1 Å². The lowest BCUT2D eigenvalue weighted by molar-refractivity contribution is 0.0864. The van der Waals surface area contributed by atoms with Crippen molar-refractivity contribution in [2.24, 2.45) is 11.7 Å². The Morgan fingerprint density at radius 2 is 1.82 bits per heavy atom. The average molecular weight is 247 g/mol. The van der Waals surface area contributed by atoms with Gasteiger partial charge in [0, 0.05) is 5.56 Å². The van der Waals surface area contributed by atoms with E-state index >= 15 is 0 Å². The molecule has 0 aromatic heterocycles. The molecule has 0 aliphatic rings. The molecular formula is C12H16F3NO. The number of halogens is 3. The number of aliphatic hydroxyl groups is 1. The van der Waals surface area contributed by atoms with Gasteiger partial charge in [-0.15, -0.1) is 0 Å². The zero-order valence-corrected chi connectivity index (χ0v) is 9.75. The summed E-state index contributed by atoms with van der Waals surface area (Å²) in [4.78, 5) is 0. The van der Waals surface area contributed by atoms with Gasteiger partial charge in [-0.25, -0.2) is 13.2 Å². The number of rotatable bonds is 4. The number of aliphatic hydroxyl groups excluding tert-OH is 1. The van der Waals surface area contributed by atoms with Crippen LogP contribution in [0.15, 0.2) is 12.1 Å². The van der Waals surface area contributed by atoms with E-state index in [0.29, 0.717) is 6.42 Å². The third-order valence-corrected chi connectivity index (χ3v) is 3.02. The first kappa shape index (κ1) is 14.0. The third-order valence-electron chi connectivity index (χ3n) is 3.02. The van der Waals surface area contributed by atoms with E-state index in [1.54, 1.807) is 6.92 Å². The maximum Gasteiger partial charge on any atom is 0.194 e.